The van der Waals surface area contributed by atoms with E-state index >= 15 is 0 Å². The number of aryl methyl sites for hydroxylation is 1. The first-order valence-electron chi connectivity index (χ1n) is 11.9. The molecule has 2 N–H and O–H groups in total. The molecule has 8 nitrogen and oxygen atoms in total. The molecule has 0 aliphatic carbocycles. The lowest BCUT2D eigenvalue weighted by atomic mass is 10.1. The Bertz CT molecular complexity index is 1320. The van der Waals surface area contributed by atoms with Crippen LogP contribution < -0.4 is 5.32 Å². The summed E-state index contributed by atoms with van der Waals surface area (Å²) in [5.74, 6) is -0.499. The van der Waals surface area contributed by atoms with Crippen LogP contribution in [-0.2, 0) is 34.3 Å². The number of nitrogens with zero attached hydrogens (tertiary/aromatic N) is 2. The molecule has 0 saturated carbocycles. The minimum Gasteiger partial charge on any atom is -0.479 e. The fourth-order valence-electron chi connectivity index (χ4n) is 3.87. The van der Waals surface area contributed by atoms with Crippen molar-refractivity contribution in [3.8, 4) is 11.3 Å². The molecule has 1 heterocycles. The van der Waals surface area contributed by atoms with E-state index in [1.54, 1.807) is 17.9 Å². The standard InChI is InChI=1S/C29H29N3O5/c1-20(23-11-7-4-8-12-23)37-29(35)31-27-26(30-19-32(27)2)24-15-13-22(14-16-24)18-36-25(28(33)34)17-21-9-5-3-6-10-21/h3-16,19-20,25H,17-18H2,1-2H3,(H,31,35)(H,33,34). The van der Waals surface area contributed by atoms with Crippen molar-refractivity contribution in [2.24, 2.45) is 7.05 Å². The lowest BCUT2D eigenvalue weighted by Crippen LogP contribution is -2.26. The second kappa shape index (κ2) is 12.0. The van der Waals surface area contributed by atoms with Crippen molar-refractivity contribution in [2.45, 2.75) is 32.2 Å². The highest BCUT2D eigenvalue weighted by Crippen LogP contribution is 2.27. The predicted octanol–water partition coefficient (Wildman–Crippen LogP) is 5.61. The Labute approximate surface area is 215 Å². The summed E-state index contributed by atoms with van der Waals surface area (Å²) in [6.07, 6.45) is -0.0316. The Balaban J connectivity index is 1.39. The molecule has 8 heteroatoms. The molecule has 0 fully saturated rings. The van der Waals surface area contributed by atoms with Crippen molar-refractivity contribution in [2.75, 3.05) is 5.32 Å². The molecular formula is C29H29N3O5. The van der Waals surface area contributed by atoms with Crippen molar-refractivity contribution >= 4 is 17.9 Å². The summed E-state index contributed by atoms with van der Waals surface area (Å²) in [5.41, 5.74) is 4.00. The van der Waals surface area contributed by atoms with Crippen LogP contribution in [0.15, 0.2) is 91.3 Å². The molecule has 1 aromatic heterocycles. The number of carbonyl (C=O) groups excluding carboxylic acids is 1. The maximum atomic E-state index is 12.6. The molecular weight excluding hydrogens is 470 g/mol. The molecule has 4 aromatic rings. The van der Waals surface area contributed by atoms with E-state index in [0.717, 1.165) is 22.3 Å². The smallest absolute Gasteiger partial charge is 0.413 e. The van der Waals surface area contributed by atoms with Gasteiger partial charge in [0, 0.05) is 19.0 Å². The maximum absolute atomic E-state index is 12.6. The molecule has 0 saturated heterocycles. The van der Waals surface area contributed by atoms with Gasteiger partial charge in [-0.05, 0) is 23.6 Å². The Hall–Kier alpha value is -4.43. The molecule has 190 valence electrons. The third kappa shape index (κ3) is 6.83. The molecule has 1 amide bonds. The van der Waals surface area contributed by atoms with Crippen LogP contribution in [0.25, 0.3) is 11.3 Å². The molecule has 0 spiro atoms. The Morgan fingerprint density at radius 2 is 1.59 bits per heavy atom. The lowest BCUT2D eigenvalue weighted by molar-refractivity contribution is -0.151. The summed E-state index contributed by atoms with van der Waals surface area (Å²) in [7, 11) is 1.79. The summed E-state index contributed by atoms with van der Waals surface area (Å²) in [6.45, 7) is 1.97. The molecule has 2 unspecified atom stereocenters. The number of nitrogens with one attached hydrogen (secondary N) is 1. The van der Waals surface area contributed by atoms with Crippen LogP contribution >= 0.6 is 0 Å². The minimum atomic E-state index is -1.00. The van der Waals surface area contributed by atoms with Crippen molar-refractivity contribution in [3.05, 3.63) is 108 Å². The van der Waals surface area contributed by atoms with Gasteiger partial charge < -0.3 is 19.1 Å². The van der Waals surface area contributed by atoms with Crippen LogP contribution in [0, 0.1) is 0 Å². The molecule has 0 aliphatic heterocycles. The molecule has 37 heavy (non-hydrogen) atoms. The molecule has 0 radical (unpaired) electrons. The van der Waals surface area contributed by atoms with Gasteiger partial charge in [-0.2, -0.15) is 0 Å². The van der Waals surface area contributed by atoms with E-state index in [0.29, 0.717) is 11.5 Å². The fraction of sp³-hybridized carbons (Fsp3) is 0.207. The van der Waals surface area contributed by atoms with Crippen LogP contribution in [-0.4, -0.2) is 32.8 Å². The highest BCUT2D eigenvalue weighted by Gasteiger charge is 2.20. The number of rotatable bonds is 10. The van der Waals surface area contributed by atoms with E-state index < -0.39 is 24.3 Å². The largest absolute Gasteiger partial charge is 0.479 e. The number of carboxylic acid groups (broad SMARTS) is 1. The average Bonchev–Trinajstić information content (AvgIpc) is 3.27. The van der Waals surface area contributed by atoms with E-state index in [2.05, 4.69) is 10.3 Å². The molecule has 3 aromatic carbocycles. The molecule has 4 rings (SSSR count). The summed E-state index contributed by atoms with van der Waals surface area (Å²) in [4.78, 5) is 28.7. The van der Waals surface area contributed by atoms with Crippen LogP contribution in [0.4, 0.5) is 10.6 Å². The van der Waals surface area contributed by atoms with Crippen LogP contribution in [0.2, 0.25) is 0 Å². The average molecular weight is 500 g/mol. The zero-order chi connectivity index (χ0) is 26.2. The van der Waals surface area contributed by atoms with Gasteiger partial charge >= 0.3 is 12.1 Å². The third-order valence-electron chi connectivity index (χ3n) is 5.93. The monoisotopic (exact) mass is 499 g/mol. The number of imidazole rings is 1. The van der Waals surface area contributed by atoms with Gasteiger partial charge in [0.1, 0.15) is 17.6 Å². The second-order valence-corrected chi connectivity index (χ2v) is 8.66. The van der Waals surface area contributed by atoms with Crippen LogP contribution in [0.1, 0.15) is 29.7 Å². The molecule has 2 atom stereocenters. The first-order chi connectivity index (χ1) is 17.9. The van der Waals surface area contributed by atoms with Crippen molar-refractivity contribution in [1.82, 2.24) is 9.55 Å². The highest BCUT2D eigenvalue weighted by atomic mass is 16.6. The van der Waals surface area contributed by atoms with E-state index in [1.807, 2.05) is 91.9 Å². The van der Waals surface area contributed by atoms with Gasteiger partial charge in [0.2, 0.25) is 0 Å². The highest BCUT2D eigenvalue weighted by molar-refractivity contribution is 5.89. The number of amides is 1. The van der Waals surface area contributed by atoms with Gasteiger partial charge in [0.15, 0.2) is 6.10 Å². The number of aromatic nitrogens is 2. The van der Waals surface area contributed by atoms with Crippen molar-refractivity contribution in [3.63, 3.8) is 0 Å². The number of carboxylic acids is 1. The van der Waals surface area contributed by atoms with Gasteiger partial charge in [-0.25, -0.2) is 14.6 Å². The van der Waals surface area contributed by atoms with Gasteiger partial charge in [-0.15, -0.1) is 0 Å². The number of hydrogen-bond donors (Lipinski definition) is 2. The van der Waals surface area contributed by atoms with Crippen LogP contribution in [0.3, 0.4) is 0 Å². The van der Waals surface area contributed by atoms with Crippen molar-refractivity contribution < 1.29 is 24.2 Å². The van der Waals surface area contributed by atoms with Gasteiger partial charge in [0.05, 0.1) is 12.9 Å². The zero-order valence-electron chi connectivity index (χ0n) is 20.7. The normalized spacial score (nSPS) is 12.5. The quantitative estimate of drug-likeness (QED) is 0.294. The Morgan fingerprint density at radius 3 is 2.24 bits per heavy atom. The van der Waals surface area contributed by atoms with Gasteiger partial charge in [-0.1, -0.05) is 84.9 Å². The Morgan fingerprint density at radius 1 is 0.946 bits per heavy atom. The second-order valence-electron chi connectivity index (χ2n) is 8.66. The number of ether oxygens (including phenoxy) is 2. The number of hydrogen-bond acceptors (Lipinski definition) is 5. The molecule has 0 aliphatic rings. The van der Waals surface area contributed by atoms with E-state index in [4.69, 9.17) is 9.47 Å². The zero-order valence-corrected chi connectivity index (χ0v) is 20.7. The summed E-state index contributed by atoms with van der Waals surface area (Å²) in [5, 5.41) is 12.3. The van der Waals surface area contributed by atoms with Crippen molar-refractivity contribution in [1.29, 1.82) is 0 Å². The summed E-state index contributed by atoms with van der Waals surface area (Å²) >= 11 is 0. The van der Waals surface area contributed by atoms with Crippen LogP contribution in [0.5, 0.6) is 0 Å². The van der Waals surface area contributed by atoms with E-state index in [-0.39, 0.29) is 13.0 Å². The first-order valence-corrected chi connectivity index (χ1v) is 11.9. The molecule has 0 bridgehead atoms. The summed E-state index contributed by atoms with van der Waals surface area (Å²) < 4.78 is 12.9. The van der Waals surface area contributed by atoms with Gasteiger partial charge in [0.25, 0.3) is 0 Å². The van der Waals surface area contributed by atoms with E-state index in [1.165, 1.54) is 0 Å². The number of anilines is 1. The first kappa shape index (κ1) is 25.7. The van der Waals surface area contributed by atoms with E-state index in [9.17, 15) is 14.7 Å². The third-order valence-corrected chi connectivity index (χ3v) is 5.93. The maximum Gasteiger partial charge on any atom is 0.413 e. The SMILES string of the molecule is CC(OC(=O)Nc1c(-c2ccc(COC(Cc3ccccc3)C(=O)O)cc2)ncn1C)c1ccccc1. The number of aliphatic carboxylic acids is 1. The number of carbonyl (C=O) groups is 2. The lowest BCUT2D eigenvalue weighted by Gasteiger charge is -2.15. The summed E-state index contributed by atoms with van der Waals surface area (Å²) in [6, 6.07) is 26.3. The topological polar surface area (TPSA) is 103 Å². The number of benzene rings is 3. The minimum absolute atomic E-state index is 0.154. The Kier molecular flexibility index (Phi) is 8.33. The van der Waals surface area contributed by atoms with Gasteiger partial charge in [-0.3, -0.25) is 5.32 Å². The fourth-order valence-corrected chi connectivity index (χ4v) is 3.87. The predicted molar refractivity (Wildman–Crippen MR) is 140 cm³/mol.